The minimum atomic E-state index is -0.329. The van der Waals surface area contributed by atoms with Crippen molar-refractivity contribution in [1.29, 1.82) is 0 Å². The highest BCUT2D eigenvalue weighted by Gasteiger charge is 2.18. The molecule has 0 atom stereocenters. The fourth-order valence-corrected chi connectivity index (χ4v) is 3.58. The normalized spacial score (nSPS) is 11.4. The predicted octanol–water partition coefficient (Wildman–Crippen LogP) is 7.54. The van der Waals surface area contributed by atoms with Gasteiger partial charge in [-0.15, -0.1) is 0 Å². The molecule has 0 saturated heterocycles. The summed E-state index contributed by atoms with van der Waals surface area (Å²) in [5.74, 6) is 2.92. The first-order chi connectivity index (χ1) is 18.5. The molecule has 0 radical (unpaired) electrons. The van der Waals surface area contributed by atoms with Crippen molar-refractivity contribution in [3.05, 3.63) is 53.1 Å². The zero-order valence-electron chi connectivity index (χ0n) is 25.2. The maximum Gasteiger partial charge on any atom is 0.310 e. The van der Waals surface area contributed by atoms with Gasteiger partial charge in [-0.25, -0.2) is 0 Å². The number of carbonyl (C=O) groups is 2. The van der Waals surface area contributed by atoms with Gasteiger partial charge in [0.15, 0.2) is 17.3 Å². The molecule has 2 aromatic carbocycles. The van der Waals surface area contributed by atoms with Gasteiger partial charge < -0.3 is 18.9 Å². The van der Waals surface area contributed by atoms with Crippen molar-refractivity contribution >= 4 is 11.8 Å². The molecule has 216 valence electrons. The fraction of sp³-hybridized carbons (Fsp3) is 0.576. The molecule has 6 heteroatoms. The molecule has 2 aromatic rings. The van der Waals surface area contributed by atoms with Crippen molar-refractivity contribution in [3.8, 4) is 17.2 Å². The Bertz CT molecular complexity index is 1050. The SMILES string of the molecule is CC(C)CCOC(=O)Cc1cc(C(=O)c2ccc(OCC(C)C)c(OCC(C)C)c2)ccc1OCCC(C)C. The highest BCUT2D eigenvalue weighted by Crippen LogP contribution is 2.31. The average Bonchev–Trinajstić information content (AvgIpc) is 2.86. The first-order valence-corrected chi connectivity index (χ1v) is 14.3. The third kappa shape index (κ3) is 11.7. The largest absolute Gasteiger partial charge is 0.493 e. The van der Waals surface area contributed by atoms with E-state index in [4.69, 9.17) is 18.9 Å². The van der Waals surface area contributed by atoms with Gasteiger partial charge in [0.1, 0.15) is 5.75 Å². The number of esters is 1. The Morgan fingerprint density at radius 2 is 1.15 bits per heavy atom. The average molecular weight is 541 g/mol. The van der Waals surface area contributed by atoms with Crippen LogP contribution in [0, 0.1) is 23.7 Å². The van der Waals surface area contributed by atoms with Crippen LogP contribution in [-0.4, -0.2) is 38.2 Å². The van der Waals surface area contributed by atoms with Crippen LogP contribution in [0.2, 0.25) is 0 Å². The monoisotopic (exact) mass is 540 g/mol. The summed E-state index contributed by atoms with van der Waals surface area (Å²) in [5, 5.41) is 0. The van der Waals surface area contributed by atoms with Gasteiger partial charge in [-0.05, 0) is 72.9 Å². The van der Waals surface area contributed by atoms with Gasteiger partial charge in [0.25, 0.3) is 0 Å². The Balaban J connectivity index is 2.32. The molecule has 0 bridgehead atoms. The molecule has 0 aliphatic rings. The summed E-state index contributed by atoms with van der Waals surface area (Å²) >= 11 is 0. The van der Waals surface area contributed by atoms with Gasteiger partial charge in [-0.3, -0.25) is 9.59 Å². The second-order valence-electron chi connectivity index (χ2n) is 11.8. The van der Waals surface area contributed by atoms with Crippen LogP contribution in [0.1, 0.15) is 89.7 Å². The van der Waals surface area contributed by atoms with Gasteiger partial charge in [-0.2, -0.15) is 0 Å². The van der Waals surface area contributed by atoms with Crippen molar-refractivity contribution in [2.45, 2.75) is 74.7 Å². The second-order valence-corrected chi connectivity index (χ2v) is 11.8. The Hall–Kier alpha value is -3.02. The molecule has 0 saturated carbocycles. The van der Waals surface area contributed by atoms with Crippen molar-refractivity contribution in [3.63, 3.8) is 0 Å². The van der Waals surface area contributed by atoms with Crippen LogP contribution in [0.3, 0.4) is 0 Å². The molecule has 0 heterocycles. The molecule has 0 spiro atoms. The van der Waals surface area contributed by atoms with Crippen molar-refractivity contribution in [2.24, 2.45) is 23.7 Å². The first kappa shape index (κ1) is 32.2. The summed E-state index contributed by atoms with van der Waals surface area (Å²) < 4.78 is 23.4. The third-order valence-corrected chi connectivity index (χ3v) is 5.92. The molecule has 0 unspecified atom stereocenters. The molecular weight excluding hydrogens is 492 g/mol. The zero-order valence-corrected chi connectivity index (χ0v) is 25.2. The summed E-state index contributed by atoms with van der Waals surface area (Å²) in [7, 11) is 0. The maximum absolute atomic E-state index is 13.6. The van der Waals surface area contributed by atoms with E-state index in [1.54, 1.807) is 36.4 Å². The lowest BCUT2D eigenvalue weighted by atomic mass is 9.99. The zero-order chi connectivity index (χ0) is 28.9. The quantitative estimate of drug-likeness (QED) is 0.152. The number of hydrogen-bond acceptors (Lipinski definition) is 6. The number of ether oxygens (including phenoxy) is 4. The summed E-state index contributed by atoms with van der Waals surface area (Å²) in [6.45, 7) is 18.7. The predicted molar refractivity (Wildman–Crippen MR) is 156 cm³/mol. The van der Waals surface area contributed by atoms with Crippen LogP contribution in [-0.2, 0) is 16.0 Å². The van der Waals surface area contributed by atoms with Gasteiger partial charge >= 0.3 is 5.97 Å². The Kier molecular flexibility index (Phi) is 13.3. The van der Waals surface area contributed by atoms with Crippen molar-refractivity contribution < 1.29 is 28.5 Å². The molecule has 0 amide bonds. The maximum atomic E-state index is 13.6. The molecule has 0 aliphatic heterocycles. The third-order valence-electron chi connectivity index (χ3n) is 5.92. The molecule has 6 nitrogen and oxygen atoms in total. The van der Waals surface area contributed by atoms with Gasteiger partial charge in [0.05, 0.1) is 32.8 Å². The van der Waals surface area contributed by atoms with Crippen LogP contribution in [0.5, 0.6) is 17.2 Å². The van der Waals surface area contributed by atoms with Crippen LogP contribution in [0.4, 0.5) is 0 Å². The smallest absolute Gasteiger partial charge is 0.310 e. The second kappa shape index (κ2) is 16.2. The summed E-state index contributed by atoms with van der Waals surface area (Å²) in [6.07, 6.45) is 1.74. The van der Waals surface area contributed by atoms with E-state index in [-0.39, 0.29) is 18.2 Å². The van der Waals surface area contributed by atoms with Crippen LogP contribution in [0.25, 0.3) is 0 Å². The van der Waals surface area contributed by atoms with Crippen LogP contribution in [0.15, 0.2) is 36.4 Å². The lowest BCUT2D eigenvalue weighted by Crippen LogP contribution is -2.13. The Morgan fingerprint density at radius 3 is 1.74 bits per heavy atom. The Morgan fingerprint density at radius 1 is 0.615 bits per heavy atom. The molecule has 39 heavy (non-hydrogen) atoms. The first-order valence-electron chi connectivity index (χ1n) is 14.3. The van der Waals surface area contributed by atoms with Crippen molar-refractivity contribution in [2.75, 3.05) is 26.4 Å². The number of hydrogen-bond donors (Lipinski definition) is 0. The lowest BCUT2D eigenvalue weighted by Gasteiger charge is -2.17. The van der Waals surface area contributed by atoms with Gasteiger partial charge in [-0.1, -0.05) is 55.4 Å². The fourth-order valence-electron chi connectivity index (χ4n) is 3.58. The minimum absolute atomic E-state index is 0.0426. The van der Waals surface area contributed by atoms with E-state index < -0.39 is 0 Å². The number of benzene rings is 2. The van der Waals surface area contributed by atoms with Gasteiger partial charge in [0.2, 0.25) is 0 Å². The molecule has 0 fully saturated rings. The van der Waals surface area contributed by atoms with E-state index in [0.29, 0.717) is 84.0 Å². The summed E-state index contributed by atoms with van der Waals surface area (Å²) in [6, 6.07) is 10.6. The minimum Gasteiger partial charge on any atom is -0.493 e. The molecule has 0 aromatic heterocycles. The molecule has 2 rings (SSSR count). The highest BCUT2D eigenvalue weighted by molar-refractivity contribution is 6.09. The van der Waals surface area contributed by atoms with Crippen molar-refractivity contribution in [1.82, 2.24) is 0 Å². The Labute approximate surface area is 235 Å². The van der Waals surface area contributed by atoms with Crippen LogP contribution >= 0.6 is 0 Å². The van der Waals surface area contributed by atoms with E-state index >= 15 is 0 Å². The van der Waals surface area contributed by atoms with E-state index in [1.807, 2.05) is 0 Å². The standard InChI is InChI=1S/C33H48O6/c1-22(2)13-15-36-29-11-9-26(17-28(29)19-32(34)37-16-14-23(3)4)33(35)27-10-12-30(38-20-24(5)6)31(18-27)39-21-25(7)8/h9-12,17-18,22-25H,13-16,19-21H2,1-8H3. The van der Waals surface area contributed by atoms with E-state index in [9.17, 15) is 9.59 Å². The molecule has 0 aliphatic carbocycles. The molecular formula is C33H48O6. The van der Waals surface area contributed by atoms with Crippen LogP contribution < -0.4 is 14.2 Å². The number of ketones is 1. The lowest BCUT2D eigenvalue weighted by molar-refractivity contribution is -0.143. The molecule has 0 N–H and O–H groups in total. The van der Waals surface area contributed by atoms with Gasteiger partial charge in [0, 0.05) is 16.7 Å². The summed E-state index contributed by atoms with van der Waals surface area (Å²) in [4.78, 5) is 26.2. The number of rotatable bonds is 17. The van der Waals surface area contributed by atoms with E-state index in [1.165, 1.54) is 0 Å². The van der Waals surface area contributed by atoms with E-state index in [0.717, 1.165) is 12.8 Å². The highest BCUT2D eigenvalue weighted by atomic mass is 16.5. The number of carbonyl (C=O) groups excluding carboxylic acids is 2. The summed E-state index contributed by atoms with van der Waals surface area (Å²) in [5.41, 5.74) is 1.61. The topological polar surface area (TPSA) is 71.1 Å². The van der Waals surface area contributed by atoms with E-state index in [2.05, 4.69) is 55.4 Å².